The summed E-state index contributed by atoms with van der Waals surface area (Å²) in [6.45, 7) is 1.74. The molecule has 3 rings (SSSR count). The summed E-state index contributed by atoms with van der Waals surface area (Å²) in [5, 5.41) is 9.84. The number of rotatable bonds is 2. The van der Waals surface area contributed by atoms with E-state index in [0.717, 1.165) is 51.7 Å². The van der Waals surface area contributed by atoms with Crippen LogP contribution in [-0.2, 0) is 16.6 Å². The van der Waals surface area contributed by atoms with Gasteiger partial charge in [0.25, 0.3) is 0 Å². The summed E-state index contributed by atoms with van der Waals surface area (Å²) >= 11 is 0. The SMILES string of the molecule is N#CC1(CC2CCOCC2)CCCc2ccccc21. The molecule has 0 N–H and O–H groups in total. The molecule has 1 unspecified atom stereocenters. The number of hydrogen-bond donors (Lipinski definition) is 0. The van der Waals surface area contributed by atoms with Crippen LogP contribution in [0.5, 0.6) is 0 Å². The van der Waals surface area contributed by atoms with Crippen LogP contribution in [0.25, 0.3) is 0 Å². The van der Waals surface area contributed by atoms with Crippen molar-refractivity contribution in [1.82, 2.24) is 0 Å². The maximum atomic E-state index is 9.84. The van der Waals surface area contributed by atoms with Crippen molar-refractivity contribution in [2.45, 2.75) is 43.9 Å². The number of aryl methyl sites for hydroxylation is 1. The van der Waals surface area contributed by atoms with E-state index in [4.69, 9.17) is 4.74 Å². The summed E-state index contributed by atoms with van der Waals surface area (Å²) in [5.74, 6) is 0.652. The average Bonchev–Trinajstić information content (AvgIpc) is 2.49. The minimum atomic E-state index is -0.239. The Balaban J connectivity index is 1.89. The highest BCUT2D eigenvalue weighted by molar-refractivity contribution is 5.41. The molecule has 0 aromatic heterocycles. The van der Waals surface area contributed by atoms with Gasteiger partial charge in [0.1, 0.15) is 0 Å². The van der Waals surface area contributed by atoms with Crippen molar-refractivity contribution in [3.63, 3.8) is 0 Å². The predicted octanol–water partition coefficient (Wildman–Crippen LogP) is 3.60. The fourth-order valence-electron chi connectivity index (χ4n) is 3.74. The quantitative estimate of drug-likeness (QED) is 0.809. The van der Waals surface area contributed by atoms with E-state index in [1.165, 1.54) is 11.1 Å². The molecule has 0 saturated carbocycles. The first-order valence-electron chi connectivity index (χ1n) is 7.41. The maximum Gasteiger partial charge on any atom is 0.0827 e. The minimum absolute atomic E-state index is 0.239. The molecular formula is C17H21NO. The molecule has 100 valence electrons. The van der Waals surface area contributed by atoms with Crippen LogP contribution in [0.4, 0.5) is 0 Å². The molecule has 0 bridgehead atoms. The molecule has 0 radical (unpaired) electrons. The van der Waals surface area contributed by atoms with Gasteiger partial charge in [-0.3, -0.25) is 0 Å². The number of nitriles is 1. The van der Waals surface area contributed by atoms with Crippen LogP contribution >= 0.6 is 0 Å². The summed E-state index contributed by atoms with van der Waals surface area (Å²) in [6, 6.07) is 11.2. The summed E-state index contributed by atoms with van der Waals surface area (Å²) in [4.78, 5) is 0. The second kappa shape index (κ2) is 5.35. The first-order chi connectivity index (χ1) is 9.34. The summed E-state index contributed by atoms with van der Waals surface area (Å²) < 4.78 is 5.44. The van der Waals surface area contributed by atoms with Crippen LogP contribution < -0.4 is 0 Å². The Kier molecular flexibility index (Phi) is 3.57. The van der Waals surface area contributed by atoms with Crippen LogP contribution in [0.3, 0.4) is 0 Å². The largest absolute Gasteiger partial charge is 0.381 e. The van der Waals surface area contributed by atoms with Crippen molar-refractivity contribution in [2.24, 2.45) is 5.92 Å². The van der Waals surface area contributed by atoms with Gasteiger partial charge in [0.15, 0.2) is 0 Å². The minimum Gasteiger partial charge on any atom is -0.381 e. The van der Waals surface area contributed by atoms with E-state index in [9.17, 15) is 5.26 Å². The normalized spacial score (nSPS) is 27.5. The van der Waals surface area contributed by atoms with E-state index < -0.39 is 0 Å². The fraction of sp³-hybridized carbons (Fsp3) is 0.588. The standard InChI is InChI=1S/C17H21NO/c18-13-17(12-14-7-10-19-11-8-14)9-3-5-15-4-1-2-6-16(15)17/h1-2,4,6,14H,3,5,7-12H2. The number of benzene rings is 1. The smallest absolute Gasteiger partial charge is 0.0827 e. The zero-order valence-corrected chi connectivity index (χ0v) is 11.4. The molecule has 1 aliphatic heterocycles. The Bertz CT molecular complexity index is 484. The summed E-state index contributed by atoms with van der Waals surface area (Å²) in [5.41, 5.74) is 2.45. The molecule has 1 heterocycles. The molecular weight excluding hydrogens is 234 g/mol. The Hall–Kier alpha value is -1.33. The Labute approximate surface area is 115 Å². The van der Waals surface area contributed by atoms with E-state index >= 15 is 0 Å². The second-order valence-corrected chi connectivity index (χ2v) is 5.96. The molecule has 0 amide bonds. The van der Waals surface area contributed by atoms with Crippen LogP contribution in [0.2, 0.25) is 0 Å². The summed E-state index contributed by atoms with van der Waals surface area (Å²) in [6.07, 6.45) is 6.56. The van der Waals surface area contributed by atoms with E-state index in [1.54, 1.807) is 0 Å². The lowest BCUT2D eigenvalue weighted by atomic mass is 9.66. The molecule has 0 spiro atoms. The van der Waals surface area contributed by atoms with Crippen LogP contribution in [0.15, 0.2) is 24.3 Å². The van der Waals surface area contributed by atoms with Gasteiger partial charge in [-0.05, 0) is 55.6 Å². The molecule has 1 saturated heterocycles. The summed E-state index contributed by atoms with van der Waals surface area (Å²) in [7, 11) is 0. The van der Waals surface area contributed by atoms with E-state index in [0.29, 0.717) is 5.92 Å². The van der Waals surface area contributed by atoms with Crippen molar-refractivity contribution in [3.05, 3.63) is 35.4 Å². The molecule has 2 heteroatoms. The Morgan fingerprint density at radius 1 is 1.26 bits per heavy atom. The van der Waals surface area contributed by atoms with Gasteiger partial charge in [0.05, 0.1) is 11.5 Å². The van der Waals surface area contributed by atoms with Gasteiger partial charge in [-0.2, -0.15) is 5.26 Å². The van der Waals surface area contributed by atoms with Crippen LogP contribution in [0, 0.1) is 17.2 Å². The van der Waals surface area contributed by atoms with E-state index in [-0.39, 0.29) is 5.41 Å². The van der Waals surface area contributed by atoms with Crippen molar-refractivity contribution >= 4 is 0 Å². The third-order valence-corrected chi connectivity index (χ3v) is 4.77. The van der Waals surface area contributed by atoms with E-state index in [1.807, 2.05) is 0 Å². The lowest BCUT2D eigenvalue weighted by Crippen LogP contribution is -2.33. The highest BCUT2D eigenvalue weighted by Gasteiger charge is 2.38. The zero-order valence-electron chi connectivity index (χ0n) is 11.4. The first kappa shape index (κ1) is 12.7. The van der Waals surface area contributed by atoms with E-state index in [2.05, 4.69) is 30.3 Å². The number of fused-ring (bicyclic) bond motifs is 1. The number of hydrogen-bond acceptors (Lipinski definition) is 2. The first-order valence-corrected chi connectivity index (χ1v) is 7.41. The molecule has 1 aromatic rings. The lowest BCUT2D eigenvalue weighted by molar-refractivity contribution is 0.0578. The average molecular weight is 255 g/mol. The number of ether oxygens (including phenoxy) is 1. The third-order valence-electron chi connectivity index (χ3n) is 4.77. The van der Waals surface area contributed by atoms with Gasteiger partial charge in [-0.25, -0.2) is 0 Å². The Morgan fingerprint density at radius 3 is 2.84 bits per heavy atom. The second-order valence-electron chi connectivity index (χ2n) is 5.96. The molecule has 1 aromatic carbocycles. The van der Waals surface area contributed by atoms with Gasteiger partial charge in [0.2, 0.25) is 0 Å². The molecule has 1 atom stereocenters. The molecule has 2 aliphatic rings. The van der Waals surface area contributed by atoms with Crippen molar-refractivity contribution in [1.29, 1.82) is 5.26 Å². The van der Waals surface area contributed by atoms with Crippen LogP contribution in [0.1, 0.15) is 43.2 Å². The third kappa shape index (κ3) is 2.40. The maximum absolute atomic E-state index is 9.84. The predicted molar refractivity (Wildman–Crippen MR) is 74.8 cm³/mol. The van der Waals surface area contributed by atoms with Gasteiger partial charge in [0, 0.05) is 13.2 Å². The molecule has 2 nitrogen and oxygen atoms in total. The van der Waals surface area contributed by atoms with Crippen molar-refractivity contribution in [3.8, 4) is 6.07 Å². The van der Waals surface area contributed by atoms with Gasteiger partial charge >= 0.3 is 0 Å². The molecule has 1 aliphatic carbocycles. The molecule has 19 heavy (non-hydrogen) atoms. The topological polar surface area (TPSA) is 33.0 Å². The highest BCUT2D eigenvalue weighted by atomic mass is 16.5. The van der Waals surface area contributed by atoms with Gasteiger partial charge < -0.3 is 4.74 Å². The van der Waals surface area contributed by atoms with Gasteiger partial charge in [-0.1, -0.05) is 24.3 Å². The highest BCUT2D eigenvalue weighted by Crippen LogP contribution is 2.43. The van der Waals surface area contributed by atoms with Crippen molar-refractivity contribution in [2.75, 3.05) is 13.2 Å². The fourth-order valence-corrected chi connectivity index (χ4v) is 3.74. The van der Waals surface area contributed by atoms with Crippen LogP contribution in [-0.4, -0.2) is 13.2 Å². The molecule has 1 fully saturated rings. The monoisotopic (exact) mass is 255 g/mol. The Morgan fingerprint density at radius 2 is 2.05 bits per heavy atom. The number of nitrogens with zero attached hydrogens (tertiary/aromatic N) is 1. The van der Waals surface area contributed by atoms with Crippen molar-refractivity contribution < 1.29 is 4.74 Å². The lowest BCUT2D eigenvalue weighted by Gasteiger charge is -2.37. The zero-order chi connectivity index (χ0) is 13.1. The van der Waals surface area contributed by atoms with Gasteiger partial charge in [-0.15, -0.1) is 0 Å².